The van der Waals surface area contributed by atoms with Crippen LogP contribution in [0, 0.1) is 10.2 Å². The van der Waals surface area contributed by atoms with Crippen molar-refractivity contribution in [3.05, 3.63) is 0 Å². The zero-order chi connectivity index (χ0) is 12.2. The minimum absolute atomic E-state index is 2.96. The fraction of sp³-hybridized carbons (Fsp3) is 0. The van der Waals surface area contributed by atoms with Gasteiger partial charge in [-0.05, 0) is 0 Å². The molecule has 0 bridgehead atoms. The van der Waals surface area contributed by atoms with E-state index >= 15 is 0 Å². The number of hydrogen-bond donors (Lipinski definition) is 5. The van der Waals surface area contributed by atoms with Crippen LogP contribution in [0.2, 0.25) is 0 Å². The van der Waals surface area contributed by atoms with Gasteiger partial charge in [0.05, 0.1) is 14.9 Å². The van der Waals surface area contributed by atoms with Crippen molar-refractivity contribution in [3.63, 3.8) is 0 Å². The molecule has 0 aromatic rings. The summed E-state index contributed by atoms with van der Waals surface area (Å²) in [5.74, 6) is 0. The van der Waals surface area contributed by atoms with E-state index in [1.807, 2.05) is 0 Å². The Kier molecular flexibility index (Phi) is 6.56. The number of hydrogen-bond acceptors (Lipinski definition) is 7. The molecule has 14 heteroatoms. The summed E-state index contributed by atoms with van der Waals surface area (Å²) in [5, 5.41) is 0. The number of phosphoric acid groups is 2. The molecule has 88 valence electrons. The van der Waals surface area contributed by atoms with Crippen molar-refractivity contribution >= 4 is 15.6 Å². The van der Waals surface area contributed by atoms with Crippen molar-refractivity contribution in [3.8, 4) is 0 Å². The Labute approximate surface area is 78.4 Å². The fourth-order valence-corrected chi connectivity index (χ4v) is 1.25. The van der Waals surface area contributed by atoms with E-state index in [1.54, 1.807) is 0 Å². The molecule has 0 unspecified atom stereocenters. The quantitative estimate of drug-likeness (QED) is 0.301. The molecule has 0 saturated carbocycles. The first-order valence-electron chi connectivity index (χ1n) is 2.16. The SMILES string of the molecule is O=P(O)(O)OP(=O)(O)O.[O-][Cl+3]([O-])([O-])O. The van der Waals surface area contributed by atoms with Gasteiger partial charge in [0.2, 0.25) is 0 Å². The monoisotopic (exact) mass is 278 g/mol. The van der Waals surface area contributed by atoms with Crippen molar-refractivity contribution in [2.45, 2.75) is 0 Å². The van der Waals surface area contributed by atoms with Crippen molar-refractivity contribution in [2.75, 3.05) is 0 Å². The lowest BCUT2D eigenvalue weighted by atomic mass is 15.7. The highest BCUT2D eigenvalue weighted by Gasteiger charge is 2.27. The van der Waals surface area contributed by atoms with Crippen LogP contribution in [-0.2, 0) is 13.4 Å². The summed E-state index contributed by atoms with van der Waals surface area (Å²) in [6.45, 7) is 0. The third kappa shape index (κ3) is 39.4. The number of halogens is 1. The van der Waals surface area contributed by atoms with Gasteiger partial charge < -0.3 is 19.6 Å². The molecule has 0 aromatic heterocycles. The van der Waals surface area contributed by atoms with Gasteiger partial charge in [-0.3, -0.25) is 0 Å². The molecule has 0 heterocycles. The maximum absolute atomic E-state index is 9.63. The second kappa shape index (κ2) is 5.47. The molecule has 0 rings (SSSR count). The Balaban J connectivity index is 0. The smallest absolute Gasteiger partial charge is 0.302 e. The Morgan fingerprint density at radius 3 is 1.07 bits per heavy atom. The molecule has 0 aliphatic rings. The van der Waals surface area contributed by atoms with Crippen LogP contribution in [0.3, 0.4) is 0 Å². The molecule has 11 nitrogen and oxygen atoms in total. The summed E-state index contributed by atoms with van der Waals surface area (Å²) in [7, 11) is -14.8. The second-order valence-corrected chi connectivity index (χ2v) is 4.87. The van der Waals surface area contributed by atoms with Gasteiger partial charge in [-0.1, -0.05) is 0 Å². The topological polar surface area (TPSA) is 214 Å². The Hall–Kier alpha value is 0.390. The van der Waals surface area contributed by atoms with E-state index in [4.69, 9.17) is 38.2 Å². The number of rotatable bonds is 2. The fourth-order valence-electron chi connectivity index (χ4n) is 0.139. The maximum Gasteiger partial charge on any atom is 0.478 e. The molecule has 0 amide bonds. The van der Waals surface area contributed by atoms with Crippen LogP contribution in [0.4, 0.5) is 0 Å². The summed E-state index contributed by atoms with van der Waals surface area (Å²) in [6.07, 6.45) is 0. The Morgan fingerprint density at radius 1 is 0.929 bits per heavy atom. The van der Waals surface area contributed by atoms with Crippen LogP contribution in [0.1, 0.15) is 0 Å². The van der Waals surface area contributed by atoms with Gasteiger partial charge in [0, 0.05) is 0 Å². The highest BCUT2D eigenvalue weighted by atomic mass is 35.7. The second-order valence-electron chi connectivity index (χ2n) is 1.46. The molecule has 0 aliphatic heterocycles. The highest BCUT2D eigenvalue weighted by molar-refractivity contribution is 7.60. The zero-order valence-corrected chi connectivity index (χ0v) is 8.50. The van der Waals surface area contributed by atoms with Crippen molar-refractivity contribution in [2.24, 2.45) is 0 Å². The van der Waals surface area contributed by atoms with Gasteiger partial charge >= 0.3 is 15.6 Å². The molecule has 0 fully saturated rings. The van der Waals surface area contributed by atoms with Gasteiger partial charge in [-0.15, -0.1) is 0 Å². The largest absolute Gasteiger partial charge is 0.478 e. The van der Waals surface area contributed by atoms with Gasteiger partial charge in [0.15, 0.2) is 0 Å². The molecule has 14 heavy (non-hydrogen) atoms. The Bertz CT molecular complexity index is 211. The molecule has 0 atom stereocenters. The van der Waals surface area contributed by atoms with E-state index < -0.39 is 25.9 Å². The predicted molar refractivity (Wildman–Crippen MR) is 27.4 cm³/mol. The predicted octanol–water partition coefficient (Wildman–Crippen LogP) is -4.94. The van der Waals surface area contributed by atoms with Crippen molar-refractivity contribution in [1.29, 1.82) is 0 Å². The zero-order valence-electron chi connectivity index (χ0n) is 5.96. The molecule has 0 aliphatic carbocycles. The van der Waals surface area contributed by atoms with Gasteiger partial charge in [-0.2, -0.15) is 18.3 Å². The van der Waals surface area contributed by atoms with Crippen LogP contribution >= 0.6 is 15.6 Å². The van der Waals surface area contributed by atoms with Crippen LogP contribution < -0.4 is 14.0 Å². The van der Waals surface area contributed by atoms with Crippen LogP contribution in [-0.4, -0.2) is 24.2 Å². The molecule has 0 saturated heterocycles. The van der Waals surface area contributed by atoms with E-state index in [9.17, 15) is 9.13 Å². The molecule has 0 spiro atoms. The highest BCUT2D eigenvalue weighted by Crippen LogP contribution is 2.53. The lowest BCUT2D eigenvalue weighted by molar-refractivity contribution is -1.92. The molecule has 0 radical (unpaired) electrons. The average molecular weight is 278 g/mol. The summed E-state index contributed by atoms with van der Waals surface area (Å²) in [6, 6.07) is 0. The average Bonchev–Trinajstić information content (AvgIpc) is 1.42. The van der Waals surface area contributed by atoms with Crippen LogP contribution in [0.25, 0.3) is 0 Å². The normalized spacial score (nSPS) is 13.1. The van der Waals surface area contributed by atoms with Gasteiger partial charge in [0.1, 0.15) is 0 Å². The summed E-state index contributed by atoms with van der Waals surface area (Å²) in [4.78, 5) is 31.0. The molecular weight excluding hydrogens is 273 g/mol. The van der Waals surface area contributed by atoms with E-state index in [1.165, 1.54) is 0 Å². The third-order valence-corrected chi connectivity index (χ3v) is 1.91. The minimum Gasteiger partial charge on any atom is -0.302 e. The summed E-state index contributed by atoms with van der Waals surface area (Å²) < 4.78 is 54.9. The van der Waals surface area contributed by atoms with Crippen molar-refractivity contribution in [1.82, 2.24) is 0 Å². The summed E-state index contributed by atoms with van der Waals surface area (Å²) in [5.41, 5.74) is 0. The van der Waals surface area contributed by atoms with Crippen LogP contribution in [0.15, 0.2) is 0 Å². The van der Waals surface area contributed by atoms with Gasteiger partial charge in [-0.25, -0.2) is 9.13 Å². The lowest BCUT2D eigenvalue weighted by Gasteiger charge is -2.03. The van der Waals surface area contributed by atoms with E-state index in [2.05, 4.69) is 4.31 Å². The van der Waals surface area contributed by atoms with E-state index in [0.717, 1.165) is 0 Å². The standard InChI is InChI=1S/ClHO4.H4O7P2/c2-1(3,4)5;1-8(2,3)7-9(4,5)6/h(H,2,3,4,5);(H2,1,2,3)(H2,4,5,6). The minimum atomic E-state index is -5.05. The van der Waals surface area contributed by atoms with E-state index in [0.29, 0.717) is 0 Å². The first kappa shape index (κ1) is 16.8. The van der Waals surface area contributed by atoms with E-state index in [-0.39, 0.29) is 0 Å². The third-order valence-electron chi connectivity index (χ3n) is 0.213. The lowest BCUT2D eigenvalue weighted by Crippen LogP contribution is -2.58. The molecule has 0 aromatic carbocycles. The summed E-state index contributed by atoms with van der Waals surface area (Å²) >= 11 is 0. The van der Waals surface area contributed by atoms with Crippen LogP contribution in [0.5, 0.6) is 0 Å². The maximum atomic E-state index is 9.63. The van der Waals surface area contributed by atoms with Gasteiger partial charge in [0.25, 0.3) is 0 Å². The molecular formula is H5ClO11P2. The van der Waals surface area contributed by atoms with Crippen molar-refractivity contribution < 1.29 is 61.9 Å². The first-order valence-corrected chi connectivity index (χ1v) is 6.49. The molecule has 5 N–H and O–H groups in total. The Morgan fingerprint density at radius 2 is 1.07 bits per heavy atom. The first-order chi connectivity index (χ1) is 5.71.